The van der Waals surface area contributed by atoms with Gasteiger partial charge in [-0.2, -0.15) is 5.10 Å². The van der Waals surface area contributed by atoms with Crippen molar-refractivity contribution in [2.24, 2.45) is 0 Å². The number of nitrogens with one attached hydrogen (secondary N) is 1. The van der Waals surface area contributed by atoms with Crippen LogP contribution in [-0.4, -0.2) is 52.2 Å². The summed E-state index contributed by atoms with van der Waals surface area (Å²) in [6.07, 6.45) is -0.402. The van der Waals surface area contributed by atoms with Crippen molar-refractivity contribution in [2.75, 3.05) is 19.6 Å². The molecule has 0 radical (unpaired) electrons. The normalized spacial score (nSPS) is 19.6. The van der Waals surface area contributed by atoms with Crippen LogP contribution in [0.5, 0.6) is 0 Å². The zero-order valence-electron chi connectivity index (χ0n) is 16.7. The Bertz CT molecular complexity index is 977. The van der Waals surface area contributed by atoms with Crippen LogP contribution in [0.3, 0.4) is 0 Å². The monoisotopic (exact) mass is 470 g/mol. The van der Waals surface area contributed by atoms with Gasteiger partial charge in [0.25, 0.3) is 11.5 Å². The molecule has 1 aliphatic rings. The molecule has 1 aromatic carbocycles. The van der Waals surface area contributed by atoms with E-state index in [2.05, 4.69) is 26.3 Å². The number of likely N-dealkylation sites (tertiary alicyclic amines) is 1. The third-order valence-corrected chi connectivity index (χ3v) is 5.58. The minimum atomic E-state index is -2.84. The number of rotatable bonds is 5. The Morgan fingerprint density at radius 1 is 1.38 bits per heavy atom. The van der Waals surface area contributed by atoms with Crippen molar-refractivity contribution < 1.29 is 13.6 Å². The van der Waals surface area contributed by atoms with Gasteiger partial charge in [0.1, 0.15) is 6.54 Å². The molecule has 158 valence electrons. The van der Waals surface area contributed by atoms with Crippen molar-refractivity contribution in [1.82, 2.24) is 20.0 Å². The molecule has 0 aliphatic carbocycles. The van der Waals surface area contributed by atoms with Gasteiger partial charge in [0.2, 0.25) is 5.91 Å². The van der Waals surface area contributed by atoms with Crippen LogP contribution in [0.25, 0.3) is 10.8 Å². The fourth-order valence-corrected chi connectivity index (χ4v) is 4.12. The topological polar surface area (TPSA) is 67.2 Å². The first-order valence-electron chi connectivity index (χ1n) is 9.69. The standard InChI is InChI=1S/C20H25BrF2N4O2/c1-4-26-9-14(8-20(22,23)11-26)24-17(28)10-27-19(29)15-6-5-13(21)7-16(15)18(25-27)12(2)3/h5-7,12,14H,4,8-11H2,1-3H3,(H,24,28). The maximum Gasteiger partial charge on any atom is 0.275 e. The maximum atomic E-state index is 13.9. The quantitative estimate of drug-likeness (QED) is 0.728. The van der Waals surface area contributed by atoms with Crippen molar-refractivity contribution in [1.29, 1.82) is 0 Å². The number of likely N-dealkylation sites (N-methyl/N-ethyl adjacent to an activating group) is 1. The highest BCUT2D eigenvalue weighted by Gasteiger charge is 2.40. The van der Waals surface area contributed by atoms with Gasteiger partial charge in [-0.1, -0.05) is 36.7 Å². The lowest BCUT2D eigenvalue weighted by Gasteiger charge is -2.37. The lowest BCUT2D eigenvalue weighted by molar-refractivity contribution is -0.125. The summed E-state index contributed by atoms with van der Waals surface area (Å²) in [6, 6.07) is 4.64. The van der Waals surface area contributed by atoms with E-state index in [1.807, 2.05) is 26.8 Å². The van der Waals surface area contributed by atoms with Gasteiger partial charge in [-0.25, -0.2) is 13.5 Å². The van der Waals surface area contributed by atoms with E-state index >= 15 is 0 Å². The fraction of sp³-hybridized carbons (Fsp3) is 0.550. The predicted octanol–water partition coefficient (Wildman–Crippen LogP) is 3.13. The Balaban J connectivity index is 1.84. The van der Waals surface area contributed by atoms with Crippen molar-refractivity contribution in [3.8, 4) is 0 Å². The molecular formula is C20H25BrF2N4O2. The average molecular weight is 471 g/mol. The van der Waals surface area contributed by atoms with Crippen LogP contribution in [0.15, 0.2) is 27.5 Å². The first-order valence-corrected chi connectivity index (χ1v) is 10.5. The summed E-state index contributed by atoms with van der Waals surface area (Å²) in [6.45, 7) is 5.98. The Morgan fingerprint density at radius 3 is 2.76 bits per heavy atom. The van der Waals surface area contributed by atoms with E-state index in [1.165, 1.54) is 0 Å². The van der Waals surface area contributed by atoms with Crippen LogP contribution in [0.2, 0.25) is 0 Å². The molecule has 3 rings (SSSR count). The van der Waals surface area contributed by atoms with Gasteiger partial charge in [-0.15, -0.1) is 0 Å². The summed E-state index contributed by atoms with van der Waals surface area (Å²) in [4.78, 5) is 27.0. The number of fused-ring (bicyclic) bond motifs is 1. The van der Waals surface area contributed by atoms with Crippen LogP contribution in [0.1, 0.15) is 38.8 Å². The van der Waals surface area contributed by atoms with E-state index < -0.39 is 24.3 Å². The number of halogens is 3. The molecule has 1 unspecified atom stereocenters. The number of benzene rings is 1. The summed E-state index contributed by atoms with van der Waals surface area (Å²) < 4.78 is 29.8. The molecule has 2 aromatic rings. The fourth-order valence-electron chi connectivity index (χ4n) is 3.76. The van der Waals surface area contributed by atoms with E-state index in [0.717, 1.165) is 14.5 Å². The van der Waals surface area contributed by atoms with Crippen LogP contribution >= 0.6 is 15.9 Å². The zero-order chi connectivity index (χ0) is 21.3. The van der Waals surface area contributed by atoms with Gasteiger partial charge in [0.05, 0.1) is 17.6 Å². The molecule has 1 amide bonds. The maximum absolute atomic E-state index is 13.9. The average Bonchev–Trinajstić information content (AvgIpc) is 2.62. The van der Waals surface area contributed by atoms with Gasteiger partial charge in [-0.3, -0.25) is 14.5 Å². The summed E-state index contributed by atoms with van der Waals surface area (Å²) >= 11 is 3.41. The van der Waals surface area contributed by atoms with Crippen molar-refractivity contribution in [2.45, 2.75) is 51.6 Å². The minimum absolute atomic E-state index is 0.0388. The van der Waals surface area contributed by atoms with E-state index in [0.29, 0.717) is 24.2 Å². The number of amides is 1. The molecule has 2 heterocycles. The Kier molecular flexibility index (Phi) is 6.38. The molecule has 0 saturated carbocycles. The molecule has 1 saturated heterocycles. The lowest BCUT2D eigenvalue weighted by Crippen LogP contribution is -2.55. The highest BCUT2D eigenvalue weighted by molar-refractivity contribution is 9.10. The van der Waals surface area contributed by atoms with Crippen molar-refractivity contribution in [3.63, 3.8) is 0 Å². The number of aromatic nitrogens is 2. The molecule has 1 N–H and O–H groups in total. The number of hydrogen-bond acceptors (Lipinski definition) is 4. The van der Waals surface area contributed by atoms with Crippen molar-refractivity contribution in [3.05, 3.63) is 38.7 Å². The number of hydrogen-bond donors (Lipinski definition) is 1. The number of nitrogens with zero attached hydrogens (tertiary/aromatic N) is 3. The number of carbonyl (C=O) groups excluding carboxylic acids is 1. The second-order valence-electron chi connectivity index (χ2n) is 7.84. The molecule has 1 aromatic heterocycles. The van der Waals surface area contributed by atoms with Gasteiger partial charge in [0, 0.05) is 28.9 Å². The third-order valence-electron chi connectivity index (χ3n) is 5.08. The summed E-state index contributed by atoms with van der Waals surface area (Å²) in [5, 5.41) is 8.26. The minimum Gasteiger partial charge on any atom is -0.350 e. The number of alkyl halides is 2. The summed E-state index contributed by atoms with van der Waals surface area (Å²) in [5.41, 5.74) is 0.325. The third kappa shape index (κ3) is 5.01. The van der Waals surface area contributed by atoms with Crippen LogP contribution in [0, 0.1) is 0 Å². The van der Waals surface area contributed by atoms with Gasteiger partial charge in [0.15, 0.2) is 0 Å². The second-order valence-corrected chi connectivity index (χ2v) is 8.76. The van der Waals surface area contributed by atoms with Gasteiger partial charge >= 0.3 is 0 Å². The van der Waals surface area contributed by atoms with E-state index in [4.69, 9.17) is 0 Å². The Hall–Kier alpha value is -1.87. The lowest BCUT2D eigenvalue weighted by atomic mass is 10.0. The highest BCUT2D eigenvalue weighted by Crippen LogP contribution is 2.27. The van der Waals surface area contributed by atoms with E-state index in [1.54, 1.807) is 17.0 Å². The highest BCUT2D eigenvalue weighted by atomic mass is 79.9. The largest absolute Gasteiger partial charge is 0.350 e. The Labute approximate surface area is 176 Å². The van der Waals surface area contributed by atoms with Crippen LogP contribution in [-0.2, 0) is 11.3 Å². The second kappa shape index (κ2) is 8.47. The van der Waals surface area contributed by atoms with Crippen LogP contribution < -0.4 is 10.9 Å². The molecule has 0 bridgehead atoms. The van der Waals surface area contributed by atoms with E-state index in [-0.39, 0.29) is 24.6 Å². The predicted molar refractivity (Wildman–Crippen MR) is 111 cm³/mol. The summed E-state index contributed by atoms with van der Waals surface area (Å²) in [7, 11) is 0. The van der Waals surface area contributed by atoms with Gasteiger partial charge in [-0.05, 0) is 30.7 Å². The van der Waals surface area contributed by atoms with Crippen molar-refractivity contribution >= 4 is 32.6 Å². The van der Waals surface area contributed by atoms with E-state index in [9.17, 15) is 18.4 Å². The zero-order valence-corrected chi connectivity index (χ0v) is 18.3. The first kappa shape index (κ1) is 21.8. The first-order chi connectivity index (χ1) is 13.6. The van der Waals surface area contributed by atoms with Crippen LogP contribution in [0.4, 0.5) is 8.78 Å². The smallest absolute Gasteiger partial charge is 0.275 e. The molecule has 1 atom stereocenters. The number of piperidine rings is 1. The molecule has 1 fully saturated rings. The SMILES string of the molecule is CCN1CC(NC(=O)Cn2nc(C(C)C)c3cc(Br)ccc3c2=O)CC(F)(F)C1. The van der Waals surface area contributed by atoms with Gasteiger partial charge < -0.3 is 5.32 Å². The molecule has 6 nitrogen and oxygen atoms in total. The Morgan fingerprint density at radius 2 is 2.10 bits per heavy atom. The summed E-state index contributed by atoms with van der Waals surface area (Å²) in [5.74, 6) is -3.30. The molecule has 1 aliphatic heterocycles. The molecule has 0 spiro atoms. The number of carbonyl (C=O) groups is 1. The molecule has 9 heteroatoms. The molecular weight excluding hydrogens is 446 g/mol. The molecule has 29 heavy (non-hydrogen) atoms.